The third kappa shape index (κ3) is 8.25. The van der Waals surface area contributed by atoms with Gasteiger partial charge in [0.25, 0.3) is 10.1 Å². The van der Waals surface area contributed by atoms with Gasteiger partial charge in [-0.2, -0.15) is 13.5 Å². The van der Waals surface area contributed by atoms with Gasteiger partial charge in [-0.15, -0.1) is 5.10 Å². The molecule has 0 bridgehead atoms. The van der Waals surface area contributed by atoms with Gasteiger partial charge in [0.15, 0.2) is 5.17 Å². The molecule has 0 saturated carbocycles. The molecule has 0 radical (unpaired) electrons. The third-order valence-corrected chi connectivity index (χ3v) is 5.16. The SMILES string of the molecule is CN(CCS(=O)(=O)O)c1ccc(C=NN=C(N)SCc2ccccc2)cc1. The summed E-state index contributed by atoms with van der Waals surface area (Å²) >= 11 is 1.42. The van der Waals surface area contributed by atoms with Gasteiger partial charge in [0, 0.05) is 25.0 Å². The van der Waals surface area contributed by atoms with E-state index < -0.39 is 10.1 Å². The van der Waals surface area contributed by atoms with Crippen LogP contribution in [0.4, 0.5) is 5.69 Å². The van der Waals surface area contributed by atoms with Gasteiger partial charge in [-0.25, -0.2) is 0 Å². The van der Waals surface area contributed by atoms with Crippen LogP contribution in [0.3, 0.4) is 0 Å². The lowest BCUT2D eigenvalue weighted by Crippen LogP contribution is -2.24. The zero-order chi connectivity index (χ0) is 19.7. The molecule has 0 atom stereocenters. The van der Waals surface area contributed by atoms with Crippen LogP contribution in [0.25, 0.3) is 0 Å². The summed E-state index contributed by atoms with van der Waals surface area (Å²) in [6, 6.07) is 17.3. The molecule has 144 valence electrons. The third-order valence-electron chi connectivity index (χ3n) is 3.61. The Morgan fingerprint density at radius 1 is 1.19 bits per heavy atom. The van der Waals surface area contributed by atoms with Gasteiger partial charge >= 0.3 is 0 Å². The van der Waals surface area contributed by atoms with Crippen LogP contribution < -0.4 is 10.6 Å². The largest absolute Gasteiger partial charge is 0.377 e. The van der Waals surface area contributed by atoms with Crippen molar-refractivity contribution in [2.45, 2.75) is 5.75 Å². The smallest absolute Gasteiger partial charge is 0.266 e. The van der Waals surface area contributed by atoms with Crippen molar-refractivity contribution in [2.75, 3.05) is 24.2 Å². The van der Waals surface area contributed by atoms with E-state index in [0.717, 1.165) is 17.0 Å². The maximum absolute atomic E-state index is 10.8. The summed E-state index contributed by atoms with van der Waals surface area (Å²) in [5.74, 6) is 0.414. The number of hydrogen-bond acceptors (Lipinski definition) is 6. The van der Waals surface area contributed by atoms with Crippen LogP contribution in [-0.4, -0.2) is 43.7 Å². The van der Waals surface area contributed by atoms with Crippen molar-refractivity contribution in [1.29, 1.82) is 0 Å². The lowest BCUT2D eigenvalue weighted by Gasteiger charge is -2.18. The minimum absolute atomic E-state index is 0.200. The molecule has 2 aromatic rings. The Balaban J connectivity index is 1.85. The first-order valence-electron chi connectivity index (χ1n) is 8.13. The fraction of sp³-hybridized carbons (Fsp3) is 0.222. The number of thioether (sulfide) groups is 1. The Morgan fingerprint density at radius 2 is 1.85 bits per heavy atom. The van der Waals surface area contributed by atoms with Crippen molar-refractivity contribution in [3.63, 3.8) is 0 Å². The number of amidine groups is 1. The molecule has 0 amide bonds. The summed E-state index contributed by atoms with van der Waals surface area (Å²) < 4.78 is 30.4. The molecule has 0 spiro atoms. The van der Waals surface area contributed by atoms with Crippen LogP contribution in [0.2, 0.25) is 0 Å². The minimum atomic E-state index is -3.97. The van der Waals surface area contributed by atoms with Crippen LogP contribution in [0.15, 0.2) is 64.8 Å². The number of anilines is 1. The number of rotatable bonds is 8. The molecule has 0 aromatic heterocycles. The predicted molar refractivity (Wildman–Crippen MR) is 113 cm³/mol. The fourth-order valence-corrected chi connectivity index (χ4v) is 3.23. The molecule has 0 fully saturated rings. The molecule has 2 aromatic carbocycles. The highest BCUT2D eigenvalue weighted by atomic mass is 32.2. The van der Waals surface area contributed by atoms with E-state index in [1.807, 2.05) is 54.6 Å². The van der Waals surface area contributed by atoms with Gasteiger partial charge < -0.3 is 10.6 Å². The van der Waals surface area contributed by atoms with Crippen molar-refractivity contribution in [1.82, 2.24) is 0 Å². The molecular weight excluding hydrogens is 384 g/mol. The first-order valence-corrected chi connectivity index (χ1v) is 10.7. The van der Waals surface area contributed by atoms with Gasteiger partial charge in [0.1, 0.15) is 0 Å². The summed E-state index contributed by atoms with van der Waals surface area (Å²) in [5, 5.41) is 8.34. The van der Waals surface area contributed by atoms with Crippen LogP contribution in [-0.2, 0) is 15.9 Å². The van der Waals surface area contributed by atoms with E-state index in [9.17, 15) is 8.42 Å². The Bertz CT molecular complexity index is 883. The quantitative estimate of drug-likeness (QED) is 0.302. The van der Waals surface area contributed by atoms with Crippen LogP contribution in [0.1, 0.15) is 11.1 Å². The first kappa shape index (κ1) is 20.9. The molecule has 0 unspecified atom stereocenters. The highest BCUT2D eigenvalue weighted by molar-refractivity contribution is 8.13. The van der Waals surface area contributed by atoms with Crippen LogP contribution in [0, 0.1) is 0 Å². The molecule has 2 rings (SSSR count). The van der Waals surface area contributed by atoms with Gasteiger partial charge in [0.05, 0.1) is 12.0 Å². The van der Waals surface area contributed by atoms with E-state index in [0.29, 0.717) is 5.17 Å². The van der Waals surface area contributed by atoms with Crippen molar-refractivity contribution in [3.8, 4) is 0 Å². The van der Waals surface area contributed by atoms with Crippen molar-refractivity contribution >= 4 is 38.9 Å². The molecule has 3 N–H and O–H groups in total. The summed E-state index contributed by atoms with van der Waals surface area (Å²) in [6.07, 6.45) is 1.60. The predicted octanol–water partition coefficient (Wildman–Crippen LogP) is 2.59. The second kappa shape index (κ2) is 10.1. The second-order valence-corrected chi connectivity index (χ2v) is 8.32. The first-order chi connectivity index (χ1) is 12.8. The van der Waals surface area contributed by atoms with Crippen molar-refractivity contribution in [2.24, 2.45) is 15.9 Å². The Labute approximate surface area is 163 Å². The Kier molecular flexibility index (Phi) is 7.83. The summed E-state index contributed by atoms with van der Waals surface area (Å²) in [4.78, 5) is 1.74. The molecule has 0 heterocycles. The molecular formula is C18H22N4O3S2. The second-order valence-electron chi connectivity index (χ2n) is 5.76. The van der Waals surface area contributed by atoms with Crippen LogP contribution >= 0.6 is 11.8 Å². The van der Waals surface area contributed by atoms with E-state index in [1.54, 1.807) is 18.2 Å². The molecule has 0 aliphatic rings. The summed E-state index contributed by atoms with van der Waals surface area (Å²) in [7, 11) is -2.22. The topological polar surface area (TPSA) is 108 Å². The zero-order valence-electron chi connectivity index (χ0n) is 14.9. The molecule has 9 heteroatoms. The standard InChI is InChI=1S/C18H22N4O3S2/c1-22(11-12-27(23,24)25)17-9-7-15(8-10-17)13-20-21-18(19)26-14-16-5-3-2-4-6-16/h2-10,13H,11-12,14H2,1H3,(H2,19,21)(H,23,24,25). The normalized spacial score (nSPS) is 12.4. The monoisotopic (exact) mass is 406 g/mol. The lowest BCUT2D eigenvalue weighted by atomic mass is 10.2. The maximum atomic E-state index is 10.8. The van der Waals surface area contributed by atoms with Crippen molar-refractivity contribution in [3.05, 3.63) is 65.7 Å². The average molecular weight is 407 g/mol. The Hall–Kier alpha value is -2.36. The van der Waals surface area contributed by atoms with E-state index in [2.05, 4.69) is 10.2 Å². The number of hydrogen-bond donors (Lipinski definition) is 2. The highest BCUT2D eigenvalue weighted by Gasteiger charge is 2.07. The number of benzene rings is 2. The molecule has 0 aliphatic carbocycles. The fourth-order valence-electron chi connectivity index (χ4n) is 2.11. The average Bonchev–Trinajstić information content (AvgIpc) is 2.65. The minimum Gasteiger partial charge on any atom is -0.377 e. The summed E-state index contributed by atoms with van der Waals surface area (Å²) in [5.41, 5.74) is 8.68. The van der Waals surface area contributed by atoms with Crippen molar-refractivity contribution < 1.29 is 13.0 Å². The summed E-state index contributed by atoms with van der Waals surface area (Å²) in [6.45, 7) is 0.200. The van der Waals surface area contributed by atoms with Crippen LogP contribution in [0.5, 0.6) is 0 Å². The number of nitrogens with two attached hydrogens (primary N) is 1. The zero-order valence-corrected chi connectivity index (χ0v) is 16.5. The number of nitrogens with zero attached hydrogens (tertiary/aromatic N) is 3. The van der Waals surface area contributed by atoms with Gasteiger partial charge in [-0.1, -0.05) is 54.2 Å². The lowest BCUT2D eigenvalue weighted by molar-refractivity contribution is 0.483. The van der Waals surface area contributed by atoms with E-state index >= 15 is 0 Å². The molecule has 0 saturated heterocycles. The molecule has 27 heavy (non-hydrogen) atoms. The van der Waals surface area contributed by atoms with Gasteiger partial charge in [-0.05, 0) is 23.3 Å². The van der Waals surface area contributed by atoms with E-state index in [-0.39, 0.29) is 12.3 Å². The maximum Gasteiger partial charge on any atom is 0.266 e. The van der Waals surface area contributed by atoms with Gasteiger partial charge in [0.2, 0.25) is 0 Å². The van der Waals surface area contributed by atoms with Gasteiger partial charge in [-0.3, -0.25) is 4.55 Å². The van der Waals surface area contributed by atoms with E-state index in [4.69, 9.17) is 10.3 Å². The highest BCUT2D eigenvalue weighted by Crippen LogP contribution is 2.14. The van der Waals surface area contributed by atoms with E-state index in [1.165, 1.54) is 17.3 Å². The Morgan fingerprint density at radius 3 is 2.48 bits per heavy atom. The molecule has 7 nitrogen and oxygen atoms in total. The molecule has 0 aliphatic heterocycles.